The molecule has 0 spiro atoms. The lowest BCUT2D eigenvalue weighted by Crippen LogP contribution is -2.43. The first-order valence-electron chi connectivity index (χ1n) is 8.74. The highest BCUT2D eigenvalue weighted by molar-refractivity contribution is 14.1. The van der Waals surface area contributed by atoms with E-state index in [4.69, 9.17) is 0 Å². The van der Waals surface area contributed by atoms with Crippen molar-refractivity contribution in [2.45, 2.75) is 12.8 Å². The molecular formula is C20H22IN3O2. The molecule has 2 N–H and O–H groups in total. The summed E-state index contributed by atoms with van der Waals surface area (Å²) in [5.41, 5.74) is 1.61. The maximum atomic E-state index is 12.5. The summed E-state index contributed by atoms with van der Waals surface area (Å²) in [4.78, 5) is 26.8. The van der Waals surface area contributed by atoms with Gasteiger partial charge in [0.05, 0.1) is 12.5 Å². The van der Waals surface area contributed by atoms with Crippen LogP contribution in [0, 0.1) is 9.49 Å². The fourth-order valence-electron chi connectivity index (χ4n) is 3.15. The number of amides is 2. The van der Waals surface area contributed by atoms with Crippen LogP contribution in [0.2, 0.25) is 0 Å². The maximum Gasteiger partial charge on any atom is 0.238 e. The third-order valence-electron chi connectivity index (χ3n) is 4.39. The van der Waals surface area contributed by atoms with Gasteiger partial charge in [0.2, 0.25) is 11.8 Å². The van der Waals surface area contributed by atoms with Gasteiger partial charge in [0.25, 0.3) is 0 Å². The SMILES string of the molecule is O=C(CN1CCC[C@@H](C(=O)Nc2ccccc2)C1)Nc1cccc(I)c1. The minimum atomic E-state index is -0.0885. The van der Waals surface area contributed by atoms with Gasteiger partial charge in [-0.15, -0.1) is 0 Å². The van der Waals surface area contributed by atoms with Gasteiger partial charge in [-0.1, -0.05) is 24.3 Å². The third-order valence-corrected chi connectivity index (χ3v) is 5.06. The fraction of sp³-hybridized carbons (Fsp3) is 0.300. The van der Waals surface area contributed by atoms with Crippen molar-refractivity contribution in [1.82, 2.24) is 4.90 Å². The zero-order valence-electron chi connectivity index (χ0n) is 14.5. The van der Waals surface area contributed by atoms with E-state index in [1.165, 1.54) is 0 Å². The summed E-state index contributed by atoms with van der Waals surface area (Å²) in [6.45, 7) is 1.76. The van der Waals surface area contributed by atoms with Crippen molar-refractivity contribution in [2.24, 2.45) is 5.92 Å². The van der Waals surface area contributed by atoms with E-state index >= 15 is 0 Å². The molecule has 0 unspecified atom stereocenters. The Kier molecular flexibility index (Phi) is 6.62. The van der Waals surface area contributed by atoms with Crippen molar-refractivity contribution in [3.8, 4) is 0 Å². The van der Waals surface area contributed by atoms with Gasteiger partial charge in [0.15, 0.2) is 0 Å². The fourth-order valence-corrected chi connectivity index (χ4v) is 3.69. The highest BCUT2D eigenvalue weighted by Crippen LogP contribution is 2.19. The number of carbonyl (C=O) groups is 2. The molecule has 26 heavy (non-hydrogen) atoms. The van der Waals surface area contributed by atoms with E-state index in [-0.39, 0.29) is 17.7 Å². The van der Waals surface area contributed by atoms with Crippen LogP contribution >= 0.6 is 22.6 Å². The van der Waals surface area contributed by atoms with Crippen molar-refractivity contribution in [3.05, 3.63) is 58.2 Å². The van der Waals surface area contributed by atoms with Crippen LogP contribution in [0.15, 0.2) is 54.6 Å². The van der Waals surface area contributed by atoms with Crippen LogP contribution in [-0.2, 0) is 9.59 Å². The Morgan fingerprint density at radius 2 is 1.81 bits per heavy atom. The summed E-state index contributed by atoms with van der Waals surface area (Å²) >= 11 is 2.22. The summed E-state index contributed by atoms with van der Waals surface area (Å²) in [6.07, 6.45) is 1.77. The van der Waals surface area contributed by atoms with E-state index in [9.17, 15) is 9.59 Å². The van der Waals surface area contributed by atoms with Crippen molar-refractivity contribution >= 4 is 45.8 Å². The topological polar surface area (TPSA) is 61.4 Å². The zero-order chi connectivity index (χ0) is 18.4. The number of para-hydroxylation sites is 1. The first kappa shape index (κ1) is 18.8. The monoisotopic (exact) mass is 463 g/mol. The number of likely N-dealkylation sites (tertiary alicyclic amines) is 1. The molecule has 1 fully saturated rings. The average molecular weight is 463 g/mol. The predicted octanol–water partition coefficient (Wildman–Crippen LogP) is 3.58. The molecule has 2 amide bonds. The number of carbonyl (C=O) groups excluding carboxylic acids is 2. The van der Waals surface area contributed by atoms with Gasteiger partial charge in [0.1, 0.15) is 0 Å². The molecule has 0 aliphatic carbocycles. The minimum absolute atomic E-state index is 0.0268. The number of halogens is 1. The molecule has 136 valence electrons. The van der Waals surface area contributed by atoms with Gasteiger partial charge in [0, 0.05) is 21.5 Å². The quantitative estimate of drug-likeness (QED) is 0.667. The number of hydrogen-bond acceptors (Lipinski definition) is 3. The lowest BCUT2D eigenvalue weighted by Gasteiger charge is -2.31. The predicted molar refractivity (Wildman–Crippen MR) is 112 cm³/mol. The Balaban J connectivity index is 1.51. The van der Waals surface area contributed by atoms with Gasteiger partial charge < -0.3 is 10.6 Å². The molecule has 0 bridgehead atoms. The van der Waals surface area contributed by atoms with E-state index in [1.54, 1.807) is 0 Å². The molecule has 3 rings (SSSR count). The smallest absolute Gasteiger partial charge is 0.238 e. The second-order valence-electron chi connectivity index (χ2n) is 6.49. The first-order valence-corrected chi connectivity index (χ1v) is 9.82. The third kappa shape index (κ3) is 5.54. The highest BCUT2D eigenvalue weighted by Gasteiger charge is 2.26. The minimum Gasteiger partial charge on any atom is -0.326 e. The molecule has 1 aliphatic rings. The summed E-state index contributed by atoms with van der Waals surface area (Å²) in [6, 6.07) is 17.2. The van der Waals surface area contributed by atoms with Crippen LogP contribution in [0.4, 0.5) is 11.4 Å². The second-order valence-corrected chi connectivity index (χ2v) is 7.73. The van der Waals surface area contributed by atoms with E-state index in [0.717, 1.165) is 34.3 Å². The lowest BCUT2D eigenvalue weighted by molar-refractivity contribution is -0.123. The summed E-state index contributed by atoms with van der Waals surface area (Å²) in [5.74, 6) is -0.107. The van der Waals surface area contributed by atoms with Crippen molar-refractivity contribution < 1.29 is 9.59 Å². The summed E-state index contributed by atoms with van der Waals surface area (Å²) < 4.78 is 1.08. The number of nitrogens with zero attached hydrogens (tertiary/aromatic N) is 1. The maximum absolute atomic E-state index is 12.5. The molecule has 2 aromatic rings. The first-order chi connectivity index (χ1) is 12.6. The molecule has 5 nitrogen and oxygen atoms in total. The van der Waals surface area contributed by atoms with E-state index in [2.05, 4.69) is 38.1 Å². The number of nitrogens with one attached hydrogen (secondary N) is 2. The Bertz CT molecular complexity index is 767. The van der Waals surface area contributed by atoms with Crippen molar-refractivity contribution in [3.63, 3.8) is 0 Å². The number of piperidine rings is 1. The Morgan fingerprint density at radius 1 is 1.04 bits per heavy atom. The molecule has 0 aromatic heterocycles. The molecule has 1 heterocycles. The number of hydrogen-bond donors (Lipinski definition) is 2. The molecule has 0 saturated carbocycles. The average Bonchev–Trinajstić information content (AvgIpc) is 2.62. The molecule has 0 radical (unpaired) electrons. The van der Waals surface area contributed by atoms with Crippen LogP contribution in [0.3, 0.4) is 0 Å². The Labute approximate surface area is 167 Å². The van der Waals surface area contributed by atoms with Crippen LogP contribution in [0.1, 0.15) is 12.8 Å². The van der Waals surface area contributed by atoms with Crippen LogP contribution < -0.4 is 10.6 Å². The molecule has 2 aromatic carbocycles. The van der Waals surface area contributed by atoms with E-state index in [0.29, 0.717) is 13.1 Å². The number of anilines is 2. The largest absolute Gasteiger partial charge is 0.326 e. The summed E-state index contributed by atoms with van der Waals surface area (Å²) in [5, 5.41) is 5.89. The molecular weight excluding hydrogens is 441 g/mol. The van der Waals surface area contributed by atoms with Crippen molar-refractivity contribution in [1.29, 1.82) is 0 Å². The molecule has 1 aliphatic heterocycles. The summed E-state index contributed by atoms with van der Waals surface area (Å²) in [7, 11) is 0. The zero-order valence-corrected chi connectivity index (χ0v) is 16.6. The van der Waals surface area contributed by atoms with Gasteiger partial charge in [-0.2, -0.15) is 0 Å². The molecule has 6 heteroatoms. The molecule has 1 atom stereocenters. The van der Waals surface area contributed by atoms with Gasteiger partial charge >= 0.3 is 0 Å². The van der Waals surface area contributed by atoms with Crippen LogP contribution in [-0.4, -0.2) is 36.3 Å². The van der Waals surface area contributed by atoms with Gasteiger partial charge in [-0.25, -0.2) is 0 Å². The van der Waals surface area contributed by atoms with Crippen molar-refractivity contribution in [2.75, 3.05) is 30.3 Å². The number of rotatable bonds is 5. The highest BCUT2D eigenvalue weighted by atomic mass is 127. The van der Waals surface area contributed by atoms with Crippen LogP contribution in [0.25, 0.3) is 0 Å². The van der Waals surface area contributed by atoms with Crippen LogP contribution in [0.5, 0.6) is 0 Å². The Morgan fingerprint density at radius 3 is 2.58 bits per heavy atom. The van der Waals surface area contributed by atoms with Gasteiger partial charge in [-0.3, -0.25) is 14.5 Å². The normalized spacial score (nSPS) is 17.5. The number of benzene rings is 2. The lowest BCUT2D eigenvalue weighted by atomic mass is 9.97. The Hall–Kier alpha value is -1.93. The molecule has 1 saturated heterocycles. The second kappa shape index (κ2) is 9.14. The van der Waals surface area contributed by atoms with Gasteiger partial charge in [-0.05, 0) is 72.3 Å². The standard InChI is InChI=1S/C20H22IN3O2/c21-16-7-4-10-18(12-16)22-19(25)14-24-11-5-6-15(13-24)20(26)23-17-8-2-1-3-9-17/h1-4,7-10,12,15H,5-6,11,13-14H2,(H,22,25)(H,23,26)/t15-/m1/s1. The van der Waals surface area contributed by atoms with E-state index in [1.807, 2.05) is 54.6 Å². The van der Waals surface area contributed by atoms with E-state index < -0.39 is 0 Å².